The van der Waals surface area contributed by atoms with E-state index in [4.69, 9.17) is 4.74 Å². The number of nitrogens with zero attached hydrogens (tertiary/aromatic N) is 4. The first-order valence-electron chi connectivity index (χ1n) is 10.4. The molecule has 3 heterocycles. The lowest BCUT2D eigenvalue weighted by Crippen LogP contribution is -2.28. The molecule has 1 amide bonds. The Bertz CT molecular complexity index is 1350. The molecule has 9 heteroatoms. The van der Waals surface area contributed by atoms with Crippen molar-refractivity contribution >= 4 is 38.8 Å². The first kappa shape index (κ1) is 19.7. The van der Waals surface area contributed by atoms with Crippen LogP contribution in [-0.4, -0.2) is 31.7 Å². The van der Waals surface area contributed by atoms with Gasteiger partial charge in [-0.2, -0.15) is 0 Å². The maximum absolute atomic E-state index is 12.9. The summed E-state index contributed by atoms with van der Waals surface area (Å²) < 4.78 is 8.19. The van der Waals surface area contributed by atoms with Crippen molar-refractivity contribution in [3.8, 4) is 5.75 Å². The van der Waals surface area contributed by atoms with Crippen LogP contribution in [0, 0.1) is 5.92 Å². The van der Waals surface area contributed by atoms with E-state index in [9.17, 15) is 9.59 Å². The van der Waals surface area contributed by atoms with E-state index in [-0.39, 0.29) is 18.1 Å². The van der Waals surface area contributed by atoms with Crippen LogP contribution in [0.3, 0.4) is 0 Å². The SMILES string of the molecule is CCOc1ccccc1NC(=O)Cn1nc2c3c4c(sc3ncn2c1=O)C[C@@H](C)CC4. The molecule has 31 heavy (non-hydrogen) atoms. The molecule has 1 aliphatic carbocycles. The zero-order chi connectivity index (χ0) is 21.5. The molecule has 0 saturated heterocycles. The van der Waals surface area contributed by atoms with Crippen LogP contribution in [0.4, 0.5) is 5.69 Å². The van der Waals surface area contributed by atoms with Gasteiger partial charge >= 0.3 is 5.69 Å². The maximum Gasteiger partial charge on any atom is 0.352 e. The summed E-state index contributed by atoms with van der Waals surface area (Å²) in [5.41, 5.74) is 2.02. The van der Waals surface area contributed by atoms with Gasteiger partial charge in [0.05, 0.1) is 17.7 Å². The van der Waals surface area contributed by atoms with Crippen molar-refractivity contribution in [2.24, 2.45) is 5.92 Å². The Hall–Kier alpha value is -3.20. The molecule has 0 fully saturated rings. The monoisotopic (exact) mass is 437 g/mol. The summed E-state index contributed by atoms with van der Waals surface area (Å²) in [6, 6.07) is 7.21. The Balaban J connectivity index is 1.48. The molecule has 8 nitrogen and oxygen atoms in total. The summed E-state index contributed by atoms with van der Waals surface area (Å²) in [5.74, 6) is 0.897. The molecule has 5 rings (SSSR count). The Morgan fingerprint density at radius 1 is 1.35 bits per heavy atom. The lowest BCUT2D eigenvalue weighted by molar-refractivity contribution is -0.117. The molecule has 160 valence electrons. The molecule has 1 aliphatic rings. The second-order valence-corrected chi connectivity index (χ2v) is 8.97. The predicted octanol–water partition coefficient (Wildman–Crippen LogP) is 3.27. The van der Waals surface area contributed by atoms with Gasteiger partial charge in [-0.25, -0.2) is 18.9 Å². The topological polar surface area (TPSA) is 90.5 Å². The van der Waals surface area contributed by atoms with Gasteiger partial charge in [-0.1, -0.05) is 19.1 Å². The second kappa shape index (κ2) is 7.81. The van der Waals surface area contributed by atoms with Crippen LogP contribution < -0.4 is 15.7 Å². The predicted molar refractivity (Wildman–Crippen MR) is 120 cm³/mol. The highest BCUT2D eigenvalue weighted by Crippen LogP contribution is 2.38. The molecule has 0 saturated carbocycles. The molecule has 0 aliphatic heterocycles. The minimum atomic E-state index is -0.373. The molecular formula is C22H23N5O3S. The molecule has 0 unspecified atom stereocenters. The molecule has 1 aromatic carbocycles. The van der Waals surface area contributed by atoms with Gasteiger partial charge in [0.25, 0.3) is 0 Å². The van der Waals surface area contributed by atoms with E-state index in [1.54, 1.807) is 23.5 Å². The summed E-state index contributed by atoms with van der Waals surface area (Å²) >= 11 is 1.69. The number of amides is 1. The average Bonchev–Trinajstić information content (AvgIpc) is 3.26. The number of para-hydroxylation sites is 2. The van der Waals surface area contributed by atoms with E-state index in [1.165, 1.54) is 25.9 Å². The minimum Gasteiger partial charge on any atom is -0.492 e. The van der Waals surface area contributed by atoms with Crippen LogP contribution in [0.25, 0.3) is 15.9 Å². The summed E-state index contributed by atoms with van der Waals surface area (Å²) in [6.45, 7) is 4.45. The number of thiophene rings is 1. The third kappa shape index (κ3) is 3.48. The highest BCUT2D eigenvalue weighted by atomic mass is 32.1. The fourth-order valence-electron chi connectivity index (χ4n) is 4.14. The van der Waals surface area contributed by atoms with Crippen molar-refractivity contribution < 1.29 is 9.53 Å². The fraction of sp³-hybridized carbons (Fsp3) is 0.364. The van der Waals surface area contributed by atoms with Gasteiger partial charge in [-0.15, -0.1) is 16.4 Å². The van der Waals surface area contributed by atoms with Crippen LogP contribution in [0.2, 0.25) is 0 Å². The smallest absolute Gasteiger partial charge is 0.352 e. The third-order valence-corrected chi connectivity index (χ3v) is 6.79. The van der Waals surface area contributed by atoms with E-state index < -0.39 is 0 Å². The standard InChI is InChI=1S/C22H23N5O3S/c1-3-30-16-7-5-4-6-15(16)24-18(28)11-27-22(29)26-12-23-21-19(20(26)25-27)14-9-8-13(2)10-17(14)31-21/h4-7,12-13H,3,8-11H2,1-2H3,(H,24,28)/t13-/m0/s1. The van der Waals surface area contributed by atoms with Crippen molar-refractivity contribution in [3.05, 3.63) is 51.5 Å². The maximum atomic E-state index is 12.9. The van der Waals surface area contributed by atoms with Gasteiger partial charge in [-0.3, -0.25) is 4.79 Å². The number of rotatable bonds is 5. The Morgan fingerprint density at radius 3 is 3.03 bits per heavy atom. The number of carbonyl (C=O) groups is 1. The van der Waals surface area contributed by atoms with Gasteiger partial charge in [0.1, 0.15) is 23.5 Å². The zero-order valence-corrected chi connectivity index (χ0v) is 18.2. The molecule has 0 spiro atoms. The number of ether oxygens (including phenoxy) is 1. The number of aromatic nitrogens is 4. The van der Waals surface area contributed by atoms with Crippen LogP contribution in [0.5, 0.6) is 5.75 Å². The minimum absolute atomic E-state index is 0.189. The Kier molecular flexibility index (Phi) is 4.97. The lowest BCUT2D eigenvalue weighted by atomic mass is 9.89. The van der Waals surface area contributed by atoms with Gasteiger partial charge in [0.2, 0.25) is 5.91 Å². The number of anilines is 1. The van der Waals surface area contributed by atoms with E-state index in [0.717, 1.165) is 29.5 Å². The normalized spacial score (nSPS) is 15.9. The zero-order valence-electron chi connectivity index (χ0n) is 17.4. The largest absolute Gasteiger partial charge is 0.492 e. The van der Waals surface area contributed by atoms with E-state index in [0.29, 0.717) is 29.6 Å². The Morgan fingerprint density at radius 2 is 2.19 bits per heavy atom. The number of nitrogens with one attached hydrogen (secondary N) is 1. The number of hydrogen-bond donors (Lipinski definition) is 1. The van der Waals surface area contributed by atoms with Crippen molar-refractivity contribution in [2.75, 3.05) is 11.9 Å². The van der Waals surface area contributed by atoms with Crippen LogP contribution in [-0.2, 0) is 24.2 Å². The lowest BCUT2D eigenvalue weighted by Gasteiger charge is -2.17. The number of carbonyl (C=O) groups excluding carboxylic acids is 1. The molecular weight excluding hydrogens is 414 g/mol. The van der Waals surface area contributed by atoms with Crippen molar-refractivity contribution in [3.63, 3.8) is 0 Å². The fourth-order valence-corrected chi connectivity index (χ4v) is 5.49. The Labute approximate surface area is 182 Å². The van der Waals surface area contributed by atoms with Gasteiger partial charge in [-0.05, 0) is 49.8 Å². The summed E-state index contributed by atoms with van der Waals surface area (Å²) in [5, 5.41) is 8.29. The second-order valence-electron chi connectivity index (χ2n) is 7.89. The highest BCUT2D eigenvalue weighted by molar-refractivity contribution is 7.19. The molecule has 0 radical (unpaired) electrons. The number of benzene rings is 1. The molecule has 3 aromatic heterocycles. The van der Waals surface area contributed by atoms with E-state index in [2.05, 4.69) is 22.3 Å². The van der Waals surface area contributed by atoms with Crippen molar-refractivity contribution in [1.82, 2.24) is 19.2 Å². The van der Waals surface area contributed by atoms with E-state index >= 15 is 0 Å². The first-order chi connectivity index (χ1) is 15.0. The van der Waals surface area contributed by atoms with Crippen molar-refractivity contribution in [2.45, 2.75) is 39.7 Å². The summed E-state index contributed by atoms with van der Waals surface area (Å²) in [7, 11) is 0. The molecule has 4 aromatic rings. The summed E-state index contributed by atoms with van der Waals surface area (Å²) in [6.07, 6.45) is 4.63. The van der Waals surface area contributed by atoms with Crippen molar-refractivity contribution in [1.29, 1.82) is 0 Å². The number of aryl methyl sites for hydroxylation is 1. The van der Waals surface area contributed by atoms with Gasteiger partial charge in [0, 0.05) is 4.88 Å². The average molecular weight is 438 g/mol. The quantitative estimate of drug-likeness (QED) is 0.518. The van der Waals surface area contributed by atoms with Crippen LogP contribution >= 0.6 is 11.3 Å². The van der Waals surface area contributed by atoms with Gasteiger partial charge in [0.15, 0.2) is 5.65 Å². The molecule has 1 atom stereocenters. The van der Waals surface area contributed by atoms with E-state index in [1.807, 2.05) is 19.1 Å². The molecule has 0 bridgehead atoms. The highest BCUT2D eigenvalue weighted by Gasteiger charge is 2.24. The summed E-state index contributed by atoms with van der Waals surface area (Å²) in [4.78, 5) is 32.3. The number of fused-ring (bicyclic) bond motifs is 5. The van der Waals surface area contributed by atoms with Crippen LogP contribution in [0.15, 0.2) is 35.4 Å². The molecule has 1 N–H and O–H groups in total. The first-order valence-corrected chi connectivity index (χ1v) is 11.3. The third-order valence-electron chi connectivity index (χ3n) is 5.63. The van der Waals surface area contributed by atoms with Gasteiger partial charge < -0.3 is 10.1 Å². The number of hydrogen-bond acceptors (Lipinski definition) is 6. The van der Waals surface area contributed by atoms with Crippen LogP contribution in [0.1, 0.15) is 30.7 Å².